The normalized spacial score (nSPS) is 24.3. The van der Waals surface area contributed by atoms with Gasteiger partial charge in [-0.25, -0.2) is 0 Å². The van der Waals surface area contributed by atoms with Gasteiger partial charge in [-0.2, -0.15) is 18.3 Å². The first-order valence-corrected chi connectivity index (χ1v) is 7.64. The van der Waals surface area contributed by atoms with E-state index >= 15 is 0 Å². The Morgan fingerprint density at radius 3 is 2.05 bits per heavy atom. The lowest BCUT2D eigenvalue weighted by molar-refractivity contribution is -0.137. The minimum Gasteiger partial charge on any atom is -0.276 e. The molecule has 1 N–H and O–H groups in total. The van der Waals surface area contributed by atoms with Crippen LogP contribution in [0.4, 0.5) is 18.9 Å². The van der Waals surface area contributed by atoms with Gasteiger partial charge < -0.3 is 0 Å². The third-order valence-corrected chi connectivity index (χ3v) is 5.46. The maximum Gasteiger partial charge on any atom is 0.416 e. The van der Waals surface area contributed by atoms with Gasteiger partial charge in [0.25, 0.3) is 0 Å². The lowest BCUT2D eigenvalue weighted by Gasteiger charge is -2.14. The number of benzene rings is 1. The lowest BCUT2D eigenvalue weighted by Crippen LogP contribution is -2.16. The molecule has 0 heterocycles. The Kier molecular flexibility index (Phi) is 4.59. The summed E-state index contributed by atoms with van der Waals surface area (Å²) in [7, 11) is 0. The molecule has 0 aromatic heterocycles. The molecule has 0 aliphatic heterocycles. The molecule has 1 aromatic rings. The second-order valence-corrected chi connectivity index (χ2v) is 7.63. The molecule has 2 rings (SSSR count). The predicted octanol–water partition coefficient (Wildman–Crippen LogP) is 6.38. The summed E-state index contributed by atoms with van der Waals surface area (Å²) < 4.78 is 37.1. The molecule has 1 aliphatic carbocycles. The number of hydrazone groups is 1. The third kappa shape index (κ3) is 3.28. The quantitative estimate of drug-likeness (QED) is 0.359. The number of hydrogen-bond donors (Lipinski definition) is 1. The summed E-state index contributed by atoms with van der Waals surface area (Å²) in [5, 5.41) is 3.72. The van der Waals surface area contributed by atoms with Crippen molar-refractivity contribution in [2.75, 3.05) is 5.43 Å². The van der Waals surface area contributed by atoms with Crippen LogP contribution in [0.5, 0.6) is 0 Å². The van der Waals surface area contributed by atoms with Crippen LogP contribution < -0.4 is 5.43 Å². The Morgan fingerprint density at radius 2 is 1.68 bits per heavy atom. The van der Waals surface area contributed by atoms with Crippen molar-refractivity contribution >= 4 is 57.8 Å². The van der Waals surface area contributed by atoms with Crippen molar-refractivity contribution in [1.29, 1.82) is 0 Å². The number of nitrogens with one attached hydrogen (secondary N) is 1. The maximum absolute atomic E-state index is 12.6. The highest BCUT2D eigenvalue weighted by Crippen LogP contribution is 2.64. The van der Waals surface area contributed by atoms with E-state index in [0.29, 0.717) is 12.1 Å². The minimum atomic E-state index is -4.52. The summed E-state index contributed by atoms with van der Waals surface area (Å²) in [6.45, 7) is 3.55. The Hall–Kier alpha value is -0.360. The first-order chi connectivity index (χ1) is 9.88. The monoisotopic (exact) mass is 392 g/mol. The van der Waals surface area contributed by atoms with Crippen molar-refractivity contribution in [2.24, 2.45) is 10.5 Å². The Bertz CT molecular complexity index is 620. The van der Waals surface area contributed by atoms with Crippen molar-refractivity contribution < 1.29 is 13.2 Å². The summed E-state index contributed by atoms with van der Waals surface area (Å²) >= 11 is 23.8. The molecule has 2 nitrogen and oxygen atoms in total. The van der Waals surface area contributed by atoms with Crippen molar-refractivity contribution in [2.45, 2.75) is 30.8 Å². The highest BCUT2D eigenvalue weighted by molar-refractivity contribution is 6.53. The minimum absolute atomic E-state index is 0.0923. The molecule has 1 aliphatic rings. The van der Waals surface area contributed by atoms with Crippen LogP contribution in [-0.2, 0) is 6.18 Å². The SMILES string of the molecule is CC(=NNc1c(Cl)cc(C(F)(F)F)cc1Cl)C1(C)CC1(Cl)Cl. The van der Waals surface area contributed by atoms with E-state index in [1.807, 2.05) is 6.92 Å². The van der Waals surface area contributed by atoms with E-state index in [1.54, 1.807) is 6.92 Å². The summed E-state index contributed by atoms with van der Waals surface area (Å²) in [5.41, 5.74) is 1.86. The van der Waals surface area contributed by atoms with Crippen LogP contribution >= 0.6 is 46.4 Å². The van der Waals surface area contributed by atoms with Gasteiger partial charge in [0.05, 0.1) is 21.3 Å². The van der Waals surface area contributed by atoms with Crippen molar-refractivity contribution in [3.8, 4) is 0 Å². The molecule has 0 radical (unpaired) electrons. The fraction of sp³-hybridized carbons (Fsp3) is 0.462. The largest absolute Gasteiger partial charge is 0.416 e. The van der Waals surface area contributed by atoms with E-state index in [0.717, 1.165) is 12.1 Å². The number of hydrogen-bond acceptors (Lipinski definition) is 2. The molecule has 0 amide bonds. The van der Waals surface area contributed by atoms with Crippen LogP contribution in [0.2, 0.25) is 10.0 Å². The Morgan fingerprint density at radius 1 is 1.23 bits per heavy atom. The molecule has 1 fully saturated rings. The van der Waals surface area contributed by atoms with Crippen LogP contribution in [0.3, 0.4) is 0 Å². The highest BCUT2D eigenvalue weighted by atomic mass is 35.5. The zero-order chi connectivity index (χ0) is 16.9. The lowest BCUT2D eigenvalue weighted by atomic mass is 10.1. The van der Waals surface area contributed by atoms with Gasteiger partial charge in [-0.15, -0.1) is 23.2 Å². The molecule has 1 aromatic carbocycles. The Labute approximate surface area is 145 Å². The molecule has 1 atom stereocenters. The van der Waals surface area contributed by atoms with Crippen LogP contribution in [-0.4, -0.2) is 10.0 Å². The molecule has 9 heteroatoms. The average Bonchev–Trinajstić information content (AvgIpc) is 2.87. The summed E-state index contributed by atoms with van der Waals surface area (Å²) in [6.07, 6.45) is -3.99. The van der Waals surface area contributed by atoms with Gasteiger partial charge in [0.2, 0.25) is 0 Å². The zero-order valence-electron chi connectivity index (χ0n) is 11.5. The van der Waals surface area contributed by atoms with Gasteiger partial charge in [-0.3, -0.25) is 5.43 Å². The molecular formula is C13H11Cl4F3N2. The first-order valence-electron chi connectivity index (χ1n) is 6.13. The van der Waals surface area contributed by atoms with Crippen LogP contribution in [0, 0.1) is 5.41 Å². The molecule has 0 saturated heterocycles. The topological polar surface area (TPSA) is 24.4 Å². The first kappa shape index (κ1) is 18.0. The van der Waals surface area contributed by atoms with Crippen molar-refractivity contribution in [3.63, 3.8) is 0 Å². The third-order valence-electron chi connectivity index (χ3n) is 3.76. The van der Waals surface area contributed by atoms with Crippen LogP contribution in [0.25, 0.3) is 0 Å². The summed E-state index contributed by atoms with van der Waals surface area (Å²) in [4.78, 5) is 0. The van der Waals surface area contributed by atoms with E-state index in [9.17, 15) is 13.2 Å². The summed E-state index contributed by atoms with van der Waals surface area (Å²) in [6, 6.07) is 1.57. The van der Waals surface area contributed by atoms with E-state index in [-0.39, 0.29) is 15.7 Å². The maximum atomic E-state index is 12.6. The van der Waals surface area contributed by atoms with E-state index in [1.165, 1.54) is 0 Å². The number of nitrogens with zero attached hydrogens (tertiary/aromatic N) is 1. The highest BCUT2D eigenvalue weighted by Gasteiger charge is 2.64. The van der Waals surface area contributed by atoms with E-state index in [4.69, 9.17) is 46.4 Å². The standard InChI is InChI=1S/C13H11Cl4F3N2/c1-6(11(2)5-12(11,16)17)21-22-10-8(14)3-7(4-9(10)15)13(18,19)20/h3-4,22H,5H2,1-2H3. The fourth-order valence-corrected chi connectivity index (χ4v) is 3.28. The second-order valence-electron chi connectivity index (χ2n) is 5.34. The van der Waals surface area contributed by atoms with Crippen LogP contribution in [0.1, 0.15) is 25.8 Å². The molecule has 1 unspecified atom stereocenters. The number of alkyl halides is 5. The molecule has 0 spiro atoms. The van der Waals surface area contributed by atoms with Crippen LogP contribution in [0.15, 0.2) is 17.2 Å². The van der Waals surface area contributed by atoms with Gasteiger partial charge in [0, 0.05) is 11.1 Å². The molecule has 0 bridgehead atoms. The fourth-order valence-electron chi connectivity index (χ4n) is 1.90. The summed E-state index contributed by atoms with van der Waals surface area (Å²) in [5.74, 6) is 0. The molecule has 22 heavy (non-hydrogen) atoms. The van der Waals surface area contributed by atoms with Gasteiger partial charge in [0.1, 0.15) is 4.33 Å². The smallest absolute Gasteiger partial charge is 0.276 e. The molecular weight excluding hydrogens is 383 g/mol. The van der Waals surface area contributed by atoms with Gasteiger partial charge >= 0.3 is 6.18 Å². The van der Waals surface area contributed by atoms with Gasteiger partial charge in [-0.1, -0.05) is 30.1 Å². The Balaban J connectivity index is 2.25. The van der Waals surface area contributed by atoms with Gasteiger partial charge in [0.15, 0.2) is 0 Å². The van der Waals surface area contributed by atoms with E-state index < -0.39 is 21.5 Å². The van der Waals surface area contributed by atoms with Crippen molar-refractivity contribution in [1.82, 2.24) is 0 Å². The number of halogens is 7. The number of rotatable bonds is 3. The molecule has 122 valence electrons. The second kappa shape index (κ2) is 5.62. The zero-order valence-corrected chi connectivity index (χ0v) is 14.5. The van der Waals surface area contributed by atoms with E-state index in [2.05, 4.69) is 10.5 Å². The van der Waals surface area contributed by atoms with Crippen molar-refractivity contribution in [3.05, 3.63) is 27.7 Å². The van der Waals surface area contributed by atoms with Gasteiger partial charge in [-0.05, 0) is 25.5 Å². The molecule has 1 saturated carbocycles. The number of anilines is 1. The average molecular weight is 394 g/mol. The predicted molar refractivity (Wildman–Crippen MR) is 85.4 cm³/mol.